The number of hydrazine groups is 1. The fourth-order valence-electron chi connectivity index (χ4n) is 3.78. The molecule has 146 valence electrons. The second-order valence-electron chi connectivity index (χ2n) is 6.95. The van der Waals surface area contributed by atoms with Gasteiger partial charge in [-0.2, -0.15) is 5.01 Å². The third-order valence-electron chi connectivity index (χ3n) is 5.23. The Morgan fingerprint density at radius 2 is 1.76 bits per heavy atom. The van der Waals surface area contributed by atoms with Crippen molar-refractivity contribution in [1.29, 1.82) is 0 Å². The van der Waals surface area contributed by atoms with Crippen molar-refractivity contribution in [3.05, 3.63) is 99.5 Å². The molecule has 0 amide bonds. The lowest BCUT2D eigenvalue weighted by atomic mass is 10.0. The van der Waals surface area contributed by atoms with Crippen molar-refractivity contribution in [3.8, 4) is 11.5 Å². The first-order valence-electron chi connectivity index (χ1n) is 9.26. The lowest BCUT2D eigenvalue weighted by Crippen LogP contribution is -2.43. The Morgan fingerprint density at radius 3 is 2.52 bits per heavy atom. The first kappa shape index (κ1) is 18.4. The normalized spacial score (nSPS) is 20.2. The van der Waals surface area contributed by atoms with Gasteiger partial charge in [0.25, 0.3) is 0 Å². The number of hydrogen-bond donors (Lipinski definition) is 1. The molecule has 0 aromatic heterocycles. The van der Waals surface area contributed by atoms with Crippen LogP contribution in [0, 0.1) is 0 Å². The SMILES string of the molecule is COc1ccc(C2=CC3c4cc(Cl)ccc4OC(c4ccccc4Cl)N3N2)cc1. The number of rotatable bonds is 3. The van der Waals surface area contributed by atoms with Crippen LogP contribution in [-0.4, -0.2) is 12.1 Å². The van der Waals surface area contributed by atoms with E-state index in [2.05, 4.69) is 16.5 Å². The van der Waals surface area contributed by atoms with Gasteiger partial charge in [-0.05, 0) is 60.2 Å². The third kappa shape index (κ3) is 3.23. The number of nitrogens with zero attached hydrogens (tertiary/aromatic N) is 1. The molecule has 29 heavy (non-hydrogen) atoms. The quantitative estimate of drug-likeness (QED) is 0.559. The van der Waals surface area contributed by atoms with Crippen molar-refractivity contribution in [1.82, 2.24) is 10.4 Å². The van der Waals surface area contributed by atoms with Crippen LogP contribution >= 0.6 is 23.2 Å². The van der Waals surface area contributed by atoms with Crippen molar-refractivity contribution in [3.63, 3.8) is 0 Å². The topological polar surface area (TPSA) is 33.7 Å². The molecule has 0 bridgehead atoms. The Balaban J connectivity index is 1.59. The minimum absolute atomic E-state index is 0.0455. The molecular formula is C23H18Cl2N2O2. The Kier molecular flexibility index (Phi) is 4.63. The monoisotopic (exact) mass is 424 g/mol. The van der Waals surface area contributed by atoms with Gasteiger partial charge in [-0.15, -0.1) is 0 Å². The molecule has 4 nitrogen and oxygen atoms in total. The fourth-order valence-corrected chi connectivity index (χ4v) is 4.19. The van der Waals surface area contributed by atoms with Crippen LogP contribution in [0.25, 0.3) is 5.70 Å². The van der Waals surface area contributed by atoms with Gasteiger partial charge >= 0.3 is 0 Å². The summed E-state index contributed by atoms with van der Waals surface area (Å²) in [5.41, 5.74) is 7.47. The molecule has 2 aliphatic rings. The first-order chi connectivity index (χ1) is 14.1. The summed E-state index contributed by atoms with van der Waals surface area (Å²) in [4.78, 5) is 0. The van der Waals surface area contributed by atoms with Crippen LogP contribution in [0.5, 0.6) is 11.5 Å². The van der Waals surface area contributed by atoms with E-state index in [1.165, 1.54) is 0 Å². The summed E-state index contributed by atoms with van der Waals surface area (Å²) >= 11 is 12.8. The maximum Gasteiger partial charge on any atom is 0.197 e. The van der Waals surface area contributed by atoms with E-state index in [0.29, 0.717) is 10.0 Å². The zero-order valence-corrected chi connectivity index (χ0v) is 17.1. The molecule has 0 aliphatic carbocycles. The number of benzene rings is 3. The molecule has 0 spiro atoms. The molecule has 2 aliphatic heterocycles. The van der Waals surface area contributed by atoms with Crippen molar-refractivity contribution >= 4 is 28.9 Å². The van der Waals surface area contributed by atoms with Crippen LogP contribution in [0.4, 0.5) is 0 Å². The predicted molar refractivity (Wildman–Crippen MR) is 115 cm³/mol. The lowest BCUT2D eigenvalue weighted by molar-refractivity contribution is -0.0325. The zero-order chi connectivity index (χ0) is 20.0. The van der Waals surface area contributed by atoms with Crippen molar-refractivity contribution in [2.45, 2.75) is 12.3 Å². The third-order valence-corrected chi connectivity index (χ3v) is 5.81. The largest absolute Gasteiger partial charge is 0.497 e. The van der Waals surface area contributed by atoms with Gasteiger partial charge in [0.2, 0.25) is 0 Å². The molecule has 2 unspecified atom stereocenters. The minimum Gasteiger partial charge on any atom is -0.497 e. The maximum absolute atomic E-state index is 6.50. The number of fused-ring (bicyclic) bond motifs is 3. The van der Waals surface area contributed by atoms with E-state index in [-0.39, 0.29) is 12.3 Å². The predicted octanol–water partition coefficient (Wildman–Crippen LogP) is 6.00. The second kappa shape index (κ2) is 7.30. The van der Waals surface area contributed by atoms with Crippen LogP contribution < -0.4 is 14.9 Å². The van der Waals surface area contributed by atoms with Gasteiger partial charge in [0.15, 0.2) is 6.23 Å². The van der Waals surface area contributed by atoms with E-state index < -0.39 is 0 Å². The summed E-state index contributed by atoms with van der Waals surface area (Å²) in [5.74, 6) is 1.62. The summed E-state index contributed by atoms with van der Waals surface area (Å²) in [5, 5.41) is 3.41. The van der Waals surface area contributed by atoms with Crippen molar-refractivity contribution in [2.75, 3.05) is 7.11 Å². The highest BCUT2D eigenvalue weighted by Gasteiger charge is 2.40. The van der Waals surface area contributed by atoms with Gasteiger partial charge in [-0.25, -0.2) is 0 Å². The van der Waals surface area contributed by atoms with Crippen LogP contribution in [0.1, 0.15) is 29.0 Å². The molecular weight excluding hydrogens is 407 g/mol. The molecule has 2 atom stereocenters. The van der Waals surface area contributed by atoms with Crippen LogP contribution in [-0.2, 0) is 0 Å². The molecule has 0 radical (unpaired) electrons. The van der Waals surface area contributed by atoms with Crippen LogP contribution in [0.2, 0.25) is 10.0 Å². The number of halogens is 2. The number of hydrogen-bond acceptors (Lipinski definition) is 4. The highest BCUT2D eigenvalue weighted by Crippen LogP contribution is 2.47. The van der Waals surface area contributed by atoms with E-state index in [0.717, 1.165) is 33.9 Å². The molecule has 0 saturated carbocycles. The summed E-state index contributed by atoms with van der Waals surface area (Å²) in [7, 11) is 1.66. The van der Waals surface area contributed by atoms with Gasteiger partial charge in [-0.1, -0.05) is 41.4 Å². The van der Waals surface area contributed by atoms with E-state index >= 15 is 0 Å². The number of methoxy groups -OCH3 is 1. The number of nitrogens with one attached hydrogen (secondary N) is 1. The van der Waals surface area contributed by atoms with E-state index in [9.17, 15) is 0 Å². The highest BCUT2D eigenvalue weighted by atomic mass is 35.5. The van der Waals surface area contributed by atoms with Gasteiger partial charge in [-0.3, -0.25) is 0 Å². The van der Waals surface area contributed by atoms with Gasteiger partial charge < -0.3 is 14.9 Å². The smallest absolute Gasteiger partial charge is 0.197 e. The molecule has 1 N–H and O–H groups in total. The first-order valence-corrected chi connectivity index (χ1v) is 10.0. The summed E-state index contributed by atoms with van der Waals surface area (Å²) in [6, 6.07) is 21.4. The Hall–Kier alpha value is -2.66. The fraction of sp³-hybridized carbons (Fsp3) is 0.130. The molecule has 5 rings (SSSR count). The van der Waals surface area contributed by atoms with E-state index in [4.69, 9.17) is 32.7 Å². The summed E-state index contributed by atoms with van der Waals surface area (Å²) in [6.45, 7) is 0. The minimum atomic E-state index is -0.380. The summed E-state index contributed by atoms with van der Waals surface area (Å²) in [6.07, 6.45) is 1.80. The average Bonchev–Trinajstić information content (AvgIpc) is 3.20. The van der Waals surface area contributed by atoms with E-state index in [1.807, 2.05) is 66.7 Å². The molecule has 3 aromatic carbocycles. The van der Waals surface area contributed by atoms with Gasteiger partial charge in [0.05, 0.1) is 18.8 Å². The van der Waals surface area contributed by atoms with Gasteiger partial charge in [0.1, 0.15) is 11.5 Å². The van der Waals surface area contributed by atoms with Crippen LogP contribution in [0.15, 0.2) is 72.8 Å². The van der Waals surface area contributed by atoms with E-state index in [1.54, 1.807) is 7.11 Å². The average molecular weight is 425 g/mol. The molecule has 6 heteroatoms. The zero-order valence-electron chi connectivity index (χ0n) is 15.6. The van der Waals surface area contributed by atoms with Crippen molar-refractivity contribution in [2.24, 2.45) is 0 Å². The molecule has 2 heterocycles. The molecule has 3 aromatic rings. The Morgan fingerprint density at radius 1 is 0.966 bits per heavy atom. The Labute approximate surface area is 179 Å². The van der Waals surface area contributed by atoms with Gasteiger partial charge in [0, 0.05) is 21.2 Å². The second-order valence-corrected chi connectivity index (χ2v) is 7.79. The van der Waals surface area contributed by atoms with Crippen LogP contribution in [0.3, 0.4) is 0 Å². The van der Waals surface area contributed by atoms with Crippen molar-refractivity contribution < 1.29 is 9.47 Å². The highest BCUT2D eigenvalue weighted by molar-refractivity contribution is 6.31. The standard InChI is InChI=1S/C23H18Cl2N2O2/c1-28-16-9-6-14(7-10-16)20-13-21-18-12-15(24)8-11-22(18)29-23(27(21)26-20)17-4-2-3-5-19(17)25/h2-13,21,23,26H,1H3. The number of ether oxygens (including phenoxy) is 2. The molecule has 0 fully saturated rings. The maximum atomic E-state index is 6.50. The lowest BCUT2D eigenvalue weighted by Gasteiger charge is -2.39. The molecule has 0 saturated heterocycles. The Bertz CT molecular complexity index is 1100. The summed E-state index contributed by atoms with van der Waals surface area (Å²) < 4.78 is 11.6.